The number of nitrogens with one attached hydrogen (secondary N) is 1. The van der Waals surface area contributed by atoms with Crippen molar-refractivity contribution in [1.82, 2.24) is 10.2 Å². The van der Waals surface area contributed by atoms with E-state index in [1.807, 2.05) is 11.8 Å². The second-order valence-corrected chi connectivity index (χ2v) is 2.57. The predicted octanol–water partition coefficient (Wildman–Crippen LogP) is -0.357. The van der Waals surface area contributed by atoms with Crippen LogP contribution in [0.25, 0.3) is 0 Å². The average molecular weight is 172 g/mol. The fraction of sp³-hybridized carbons (Fsp3) is 0.750. The molecule has 4 heteroatoms. The smallest absolute Gasteiger partial charge is 0.233 e. The van der Waals surface area contributed by atoms with Crippen LogP contribution in [-0.2, 0) is 9.59 Å². The molecule has 0 fully saturated rings. The summed E-state index contributed by atoms with van der Waals surface area (Å²) < 4.78 is 0. The van der Waals surface area contributed by atoms with Crippen LogP contribution in [0.3, 0.4) is 0 Å². The zero-order valence-electron chi connectivity index (χ0n) is 7.67. The summed E-state index contributed by atoms with van der Waals surface area (Å²) in [6.07, 6.45) is 1.77. The van der Waals surface area contributed by atoms with Crippen molar-refractivity contribution in [3.63, 3.8) is 0 Å². The number of carbonyl (C=O) groups is 2. The summed E-state index contributed by atoms with van der Waals surface area (Å²) >= 11 is 0. The molecule has 0 aliphatic heterocycles. The van der Waals surface area contributed by atoms with Crippen molar-refractivity contribution in [2.75, 3.05) is 26.7 Å². The summed E-state index contributed by atoms with van der Waals surface area (Å²) in [7, 11) is 1.59. The van der Waals surface area contributed by atoms with E-state index in [0.717, 1.165) is 19.3 Å². The maximum absolute atomic E-state index is 10.9. The summed E-state index contributed by atoms with van der Waals surface area (Å²) in [5.41, 5.74) is 0. The van der Waals surface area contributed by atoms with E-state index in [-0.39, 0.29) is 5.91 Å². The second-order valence-electron chi connectivity index (χ2n) is 2.57. The molecule has 12 heavy (non-hydrogen) atoms. The summed E-state index contributed by atoms with van der Waals surface area (Å²) in [4.78, 5) is 22.9. The molecule has 0 saturated heterocycles. The van der Waals surface area contributed by atoms with Crippen LogP contribution in [0.2, 0.25) is 0 Å². The van der Waals surface area contributed by atoms with E-state index in [1.165, 1.54) is 0 Å². The Morgan fingerprint density at radius 2 is 2.25 bits per heavy atom. The van der Waals surface area contributed by atoms with Gasteiger partial charge in [0.15, 0.2) is 0 Å². The molecule has 0 unspecified atom stereocenters. The van der Waals surface area contributed by atoms with Gasteiger partial charge in [-0.2, -0.15) is 0 Å². The van der Waals surface area contributed by atoms with Crippen LogP contribution in [0, 0.1) is 0 Å². The first-order valence-corrected chi connectivity index (χ1v) is 4.11. The molecule has 0 aliphatic carbocycles. The van der Waals surface area contributed by atoms with Crippen LogP contribution in [0.1, 0.15) is 13.3 Å². The molecule has 0 saturated carbocycles. The predicted molar refractivity (Wildman–Crippen MR) is 46.9 cm³/mol. The Hall–Kier alpha value is -0.900. The van der Waals surface area contributed by atoms with E-state index in [2.05, 4.69) is 5.32 Å². The Morgan fingerprint density at radius 3 is 2.67 bits per heavy atom. The van der Waals surface area contributed by atoms with Gasteiger partial charge in [-0.05, 0) is 13.0 Å². The minimum Gasteiger partial charge on any atom is -0.358 e. The van der Waals surface area contributed by atoms with Crippen LogP contribution in [0.5, 0.6) is 0 Å². The molecule has 0 atom stereocenters. The number of rotatable bonds is 6. The van der Waals surface area contributed by atoms with Gasteiger partial charge in [0, 0.05) is 7.05 Å². The van der Waals surface area contributed by atoms with Gasteiger partial charge in [-0.25, -0.2) is 0 Å². The van der Waals surface area contributed by atoms with Crippen molar-refractivity contribution in [2.45, 2.75) is 13.3 Å². The van der Waals surface area contributed by atoms with Gasteiger partial charge in [0.05, 0.1) is 13.1 Å². The van der Waals surface area contributed by atoms with Crippen molar-refractivity contribution in [3.05, 3.63) is 0 Å². The Bertz CT molecular complexity index is 148. The monoisotopic (exact) mass is 172 g/mol. The molecule has 0 heterocycles. The van der Waals surface area contributed by atoms with Crippen molar-refractivity contribution < 1.29 is 9.59 Å². The summed E-state index contributed by atoms with van der Waals surface area (Å²) in [5.74, 6) is -0.0506. The lowest BCUT2D eigenvalue weighted by Crippen LogP contribution is -2.37. The minimum absolute atomic E-state index is 0.0506. The molecular formula is C8H16N2O2. The molecule has 0 aliphatic rings. The summed E-state index contributed by atoms with van der Waals surface area (Å²) in [6, 6.07) is 0. The van der Waals surface area contributed by atoms with Crippen molar-refractivity contribution in [3.8, 4) is 0 Å². The first-order valence-electron chi connectivity index (χ1n) is 4.11. The van der Waals surface area contributed by atoms with E-state index in [4.69, 9.17) is 0 Å². The van der Waals surface area contributed by atoms with Crippen molar-refractivity contribution in [1.29, 1.82) is 0 Å². The van der Waals surface area contributed by atoms with Crippen LogP contribution in [0.4, 0.5) is 0 Å². The third-order valence-corrected chi connectivity index (χ3v) is 1.52. The van der Waals surface area contributed by atoms with E-state index >= 15 is 0 Å². The number of likely N-dealkylation sites (N-methyl/N-ethyl adjacent to an activating group) is 1. The minimum atomic E-state index is -0.0506. The molecule has 1 amide bonds. The molecule has 0 radical (unpaired) electrons. The standard InChI is InChI=1S/C8H16N2O2/c1-3-4-10(5-6-11)7-8(12)9-2/h6H,3-5,7H2,1-2H3,(H,9,12). The topological polar surface area (TPSA) is 49.4 Å². The number of hydrogen-bond donors (Lipinski definition) is 1. The zero-order valence-corrected chi connectivity index (χ0v) is 7.67. The average Bonchev–Trinajstić information content (AvgIpc) is 2.05. The molecule has 70 valence electrons. The highest BCUT2D eigenvalue weighted by molar-refractivity contribution is 5.77. The number of nitrogens with zero attached hydrogens (tertiary/aromatic N) is 1. The lowest BCUT2D eigenvalue weighted by atomic mass is 10.4. The van der Waals surface area contributed by atoms with E-state index < -0.39 is 0 Å². The SMILES string of the molecule is CCCN(CC=O)CC(=O)NC. The third-order valence-electron chi connectivity index (χ3n) is 1.52. The second kappa shape index (κ2) is 6.79. The largest absolute Gasteiger partial charge is 0.358 e. The fourth-order valence-corrected chi connectivity index (χ4v) is 0.939. The highest BCUT2D eigenvalue weighted by Gasteiger charge is 2.06. The maximum Gasteiger partial charge on any atom is 0.233 e. The van der Waals surface area contributed by atoms with Gasteiger partial charge >= 0.3 is 0 Å². The number of carbonyl (C=O) groups excluding carboxylic acids is 2. The number of amides is 1. The van der Waals surface area contributed by atoms with Crippen LogP contribution in [0.15, 0.2) is 0 Å². The molecule has 0 bridgehead atoms. The number of hydrogen-bond acceptors (Lipinski definition) is 3. The van der Waals surface area contributed by atoms with Crippen molar-refractivity contribution in [2.24, 2.45) is 0 Å². The quantitative estimate of drug-likeness (QED) is 0.557. The van der Waals surface area contributed by atoms with Gasteiger partial charge < -0.3 is 10.1 Å². The highest BCUT2D eigenvalue weighted by atomic mass is 16.2. The van der Waals surface area contributed by atoms with E-state index in [1.54, 1.807) is 7.05 Å². The Kier molecular flexibility index (Phi) is 6.28. The van der Waals surface area contributed by atoms with Gasteiger partial charge in [0.1, 0.15) is 6.29 Å². The normalized spacial score (nSPS) is 9.92. The highest BCUT2D eigenvalue weighted by Crippen LogP contribution is 1.88. The van der Waals surface area contributed by atoms with Gasteiger partial charge in [-0.1, -0.05) is 6.92 Å². The van der Waals surface area contributed by atoms with Crippen molar-refractivity contribution >= 4 is 12.2 Å². The van der Waals surface area contributed by atoms with Gasteiger partial charge in [-0.3, -0.25) is 9.69 Å². The summed E-state index contributed by atoms with van der Waals surface area (Å²) in [6.45, 7) is 3.44. The Morgan fingerprint density at radius 1 is 1.58 bits per heavy atom. The summed E-state index contributed by atoms with van der Waals surface area (Å²) in [5, 5.41) is 2.52. The van der Waals surface area contributed by atoms with Crippen LogP contribution in [-0.4, -0.2) is 43.8 Å². The van der Waals surface area contributed by atoms with E-state index in [9.17, 15) is 9.59 Å². The maximum atomic E-state index is 10.9. The van der Waals surface area contributed by atoms with Gasteiger partial charge in [0.25, 0.3) is 0 Å². The van der Waals surface area contributed by atoms with Crippen LogP contribution < -0.4 is 5.32 Å². The molecule has 4 nitrogen and oxygen atoms in total. The number of aldehydes is 1. The van der Waals surface area contributed by atoms with Gasteiger partial charge in [-0.15, -0.1) is 0 Å². The molecule has 0 aromatic carbocycles. The third kappa shape index (κ3) is 4.85. The molecule has 0 aromatic heterocycles. The lowest BCUT2D eigenvalue weighted by Gasteiger charge is -2.16. The van der Waals surface area contributed by atoms with E-state index in [0.29, 0.717) is 13.1 Å². The molecule has 1 N–H and O–H groups in total. The fourth-order valence-electron chi connectivity index (χ4n) is 0.939. The first kappa shape index (κ1) is 11.1. The lowest BCUT2D eigenvalue weighted by molar-refractivity contribution is -0.122. The zero-order chi connectivity index (χ0) is 9.40. The Labute approximate surface area is 72.9 Å². The Balaban J connectivity index is 3.76. The first-order chi connectivity index (χ1) is 5.74. The van der Waals surface area contributed by atoms with Gasteiger partial charge in [0.2, 0.25) is 5.91 Å². The van der Waals surface area contributed by atoms with Crippen LogP contribution >= 0.6 is 0 Å². The molecule has 0 spiro atoms. The molecule has 0 aromatic rings. The molecule has 0 rings (SSSR count). The molecular weight excluding hydrogens is 156 g/mol.